The van der Waals surface area contributed by atoms with Crippen molar-refractivity contribution in [2.75, 3.05) is 23.3 Å². The number of aromatic nitrogens is 1. The van der Waals surface area contributed by atoms with Crippen LogP contribution < -0.4 is 10.2 Å². The van der Waals surface area contributed by atoms with Gasteiger partial charge in [-0.05, 0) is 72.7 Å². The highest BCUT2D eigenvalue weighted by Gasteiger charge is 2.44. The Bertz CT molecular complexity index is 1820. The summed E-state index contributed by atoms with van der Waals surface area (Å²) in [6.45, 7) is 8.54. The van der Waals surface area contributed by atoms with Crippen LogP contribution in [-0.4, -0.2) is 40.8 Å². The average Bonchev–Trinajstić information content (AvgIpc) is 3.56. The van der Waals surface area contributed by atoms with Crippen LogP contribution in [0.1, 0.15) is 54.7 Å². The molecule has 0 aliphatic carbocycles. The molecule has 7 rings (SSSR count). The zero-order valence-corrected chi connectivity index (χ0v) is 25.5. The second kappa shape index (κ2) is 11.3. The Morgan fingerprint density at radius 3 is 2.25 bits per heavy atom. The summed E-state index contributed by atoms with van der Waals surface area (Å²) < 4.78 is 0. The topological polar surface area (TPSA) is 68.4 Å². The third-order valence-electron chi connectivity index (χ3n) is 9.25. The minimum absolute atomic E-state index is 0.138. The molecule has 2 aliphatic rings. The van der Waals surface area contributed by atoms with Gasteiger partial charge in [-0.1, -0.05) is 80.6 Å². The van der Waals surface area contributed by atoms with E-state index in [4.69, 9.17) is 0 Å². The Morgan fingerprint density at radius 2 is 1.50 bits per heavy atom. The summed E-state index contributed by atoms with van der Waals surface area (Å²) in [6.07, 6.45) is 1.26. The Morgan fingerprint density at radius 1 is 0.841 bits per heavy atom. The summed E-state index contributed by atoms with van der Waals surface area (Å²) in [5.74, 6) is 0.966. The van der Waals surface area contributed by atoms with Crippen molar-refractivity contribution in [3.8, 4) is 11.3 Å². The van der Waals surface area contributed by atoms with E-state index in [0.29, 0.717) is 17.4 Å². The number of rotatable bonds is 6. The number of benzene rings is 4. The van der Waals surface area contributed by atoms with E-state index < -0.39 is 12.1 Å². The molecule has 0 radical (unpaired) electrons. The number of nitrogens with zero attached hydrogens (tertiary/aromatic N) is 2. The molecule has 0 bridgehead atoms. The lowest BCUT2D eigenvalue weighted by Crippen LogP contribution is -2.44. The predicted octanol–water partition coefficient (Wildman–Crippen LogP) is 7.89. The number of anilines is 2. The molecule has 1 saturated heterocycles. The zero-order chi connectivity index (χ0) is 30.4. The average molecular weight is 583 g/mol. The van der Waals surface area contributed by atoms with Crippen molar-refractivity contribution < 1.29 is 9.59 Å². The molecule has 2 amide bonds. The molecule has 5 aromatic rings. The number of aromatic amines is 1. The van der Waals surface area contributed by atoms with E-state index in [2.05, 4.69) is 65.4 Å². The number of hydrogen-bond donors (Lipinski definition) is 2. The summed E-state index contributed by atoms with van der Waals surface area (Å²) in [7, 11) is 0. The van der Waals surface area contributed by atoms with Gasteiger partial charge in [0.2, 0.25) is 5.91 Å². The molecule has 2 aliphatic heterocycles. The van der Waals surface area contributed by atoms with Crippen LogP contribution in [0.2, 0.25) is 0 Å². The number of carbonyl (C=O) groups is 2. The van der Waals surface area contributed by atoms with Gasteiger partial charge in [0, 0.05) is 46.5 Å². The molecule has 0 saturated carbocycles. The highest BCUT2D eigenvalue weighted by atomic mass is 16.2. The number of hydrogen-bond acceptors (Lipinski definition) is 3. The molecule has 4 unspecified atom stereocenters. The van der Waals surface area contributed by atoms with Crippen LogP contribution in [0.4, 0.5) is 11.4 Å². The van der Waals surface area contributed by atoms with Crippen molar-refractivity contribution in [1.82, 2.24) is 9.88 Å². The maximum atomic E-state index is 14.1. The predicted molar refractivity (Wildman–Crippen MR) is 178 cm³/mol. The van der Waals surface area contributed by atoms with Crippen molar-refractivity contribution in [3.63, 3.8) is 0 Å². The van der Waals surface area contributed by atoms with Gasteiger partial charge in [0.1, 0.15) is 6.04 Å². The van der Waals surface area contributed by atoms with Gasteiger partial charge in [-0.3, -0.25) is 9.59 Å². The van der Waals surface area contributed by atoms with Crippen LogP contribution in [0, 0.1) is 11.8 Å². The molecule has 6 heteroatoms. The van der Waals surface area contributed by atoms with Gasteiger partial charge in [0.25, 0.3) is 5.91 Å². The highest BCUT2D eigenvalue weighted by molar-refractivity contribution is 6.06. The first-order valence-corrected chi connectivity index (χ1v) is 15.6. The molecule has 1 fully saturated rings. The Balaban J connectivity index is 1.23. The highest BCUT2D eigenvalue weighted by Crippen LogP contribution is 2.46. The molecule has 4 atom stereocenters. The number of nitrogens with one attached hydrogen (secondary N) is 2. The normalized spacial score (nSPS) is 20.5. The van der Waals surface area contributed by atoms with Crippen LogP contribution in [-0.2, 0) is 4.79 Å². The third-order valence-corrected chi connectivity index (χ3v) is 9.25. The molecule has 6 nitrogen and oxygen atoms in total. The van der Waals surface area contributed by atoms with Crippen molar-refractivity contribution in [1.29, 1.82) is 0 Å². The van der Waals surface area contributed by atoms with Crippen LogP contribution >= 0.6 is 0 Å². The number of H-pyrrole nitrogens is 1. The lowest BCUT2D eigenvalue weighted by Gasteiger charge is -2.36. The molecular weight excluding hydrogens is 544 g/mol. The smallest absolute Gasteiger partial charge is 0.255 e. The lowest BCUT2D eigenvalue weighted by atomic mass is 9.91. The minimum Gasteiger partial charge on any atom is -0.371 e. The van der Waals surface area contributed by atoms with E-state index in [1.54, 1.807) is 4.90 Å². The van der Waals surface area contributed by atoms with Crippen LogP contribution in [0.3, 0.4) is 0 Å². The van der Waals surface area contributed by atoms with Crippen LogP contribution in [0.25, 0.3) is 22.2 Å². The number of amides is 2. The largest absolute Gasteiger partial charge is 0.371 e. The first kappa shape index (κ1) is 28.0. The van der Waals surface area contributed by atoms with E-state index >= 15 is 0 Å². The van der Waals surface area contributed by atoms with E-state index in [0.717, 1.165) is 52.1 Å². The van der Waals surface area contributed by atoms with Gasteiger partial charge in [-0.15, -0.1) is 0 Å². The zero-order valence-electron chi connectivity index (χ0n) is 25.5. The molecule has 3 heterocycles. The number of para-hydroxylation sites is 1. The van der Waals surface area contributed by atoms with Crippen molar-refractivity contribution in [2.45, 2.75) is 39.3 Å². The Kier molecular flexibility index (Phi) is 7.21. The minimum atomic E-state index is -0.722. The monoisotopic (exact) mass is 582 g/mol. The number of fused-ring (bicyclic) bond motifs is 2. The van der Waals surface area contributed by atoms with E-state index in [1.165, 1.54) is 12.1 Å². The Labute approximate surface area is 258 Å². The van der Waals surface area contributed by atoms with Crippen molar-refractivity contribution in [2.24, 2.45) is 11.8 Å². The fourth-order valence-electron chi connectivity index (χ4n) is 7.31. The standard InChI is InChI=1S/C38H38N4O2/c1-24-21-25(2)23-41(22-24)29-19-17-28(18-20-29)39-37(43)26(3)42-36(30-13-7-8-14-31(30)38(42)44)34-32-15-9-10-16-33(32)40-35(34)27-11-5-4-6-12-27/h4-20,24-26,36,40H,21-23H2,1-3H3,(H,39,43). The molecule has 44 heavy (non-hydrogen) atoms. The van der Waals surface area contributed by atoms with E-state index in [9.17, 15) is 9.59 Å². The Hall–Kier alpha value is -4.84. The summed E-state index contributed by atoms with van der Waals surface area (Å²) in [5.41, 5.74) is 7.42. The van der Waals surface area contributed by atoms with Gasteiger partial charge in [0.05, 0.1) is 11.7 Å². The lowest BCUT2D eigenvalue weighted by molar-refractivity contribution is -0.120. The molecule has 0 spiro atoms. The third kappa shape index (κ3) is 4.94. The summed E-state index contributed by atoms with van der Waals surface area (Å²) >= 11 is 0. The molecule has 2 N–H and O–H groups in total. The molecule has 1 aromatic heterocycles. The number of piperidine rings is 1. The number of carbonyl (C=O) groups excluding carboxylic acids is 2. The van der Waals surface area contributed by atoms with Gasteiger partial charge in [-0.25, -0.2) is 0 Å². The maximum absolute atomic E-state index is 14.1. The molecular formula is C38H38N4O2. The molecule has 4 aromatic carbocycles. The van der Waals surface area contributed by atoms with Crippen LogP contribution in [0.5, 0.6) is 0 Å². The first-order valence-electron chi connectivity index (χ1n) is 15.6. The SMILES string of the molecule is CC1CC(C)CN(c2ccc(NC(=O)C(C)N3C(=O)c4ccccc4C3c3c(-c4ccccc4)[nH]c4ccccc34)cc2)C1. The quantitative estimate of drug-likeness (QED) is 0.214. The summed E-state index contributed by atoms with van der Waals surface area (Å²) in [5, 5.41) is 4.14. The molecule has 222 valence electrons. The van der Waals surface area contributed by atoms with Gasteiger partial charge >= 0.3 is 0 Å². The van der Waals surface area contributed by atoms with Gasteiger partial charge in [0.15, 0.2) is 0 Å². The fourth-order valence-corrected chi connectivity index (χ4v) is 7.31. The van der Waals surface area contributed by atoms with Crippen molar-refractivity contribution >= 4 is 34.1 Å². The maximum Gasteiger partial charge on any atom is 0.255 e. The second-order valence-electron chi connectivity index (χ2n) is 12.6. The van der Waals surface area contributed by atoms with Gasteiger partial charge in [-0.2, -0.15) is 0 Å². The fraction of sp³-hybridized carbons (Fsp3) is 0.263. The van der Waals surface area contributed by atoms with Gasteiger partial charge < -0.3 is 20.1 Å². The van der Waals surface area contributed by atoms with Crippen molar-refractivity contribution in [3.05, 3.63) is 120 Å². The van der Waals surface area contributed by atoms with E-state index in [-0.39, 0.29) is 11.8 Å². The summed E-state index contributed by atoms with van der Waals surface area (Å²) in [4.78, 5) is 35.8. The summed E-state index contributed by atoms with van der Waals surface area (Å²) in [6, 6.07) is 33.1. The van der Waals surface area contributed by atoms with E-state index in [1.807, 2.05) is 73.7 Å². The first-order chi connectivity index (χ1) is 21.4. The van der Waals surface area contributed by atoms with Crippen LogP contribution in [0.15, 0.2) is 103 Å². The second-order valence-corrected chi connectivity index (χ2v) is 12.6.